The average molecular weight is 529 g/mol. The number of hydrogen-bond acceptors (Lipinski definition) is 4. The number of carboxylic acids is 1. The van der Waals surface area contributed by atoms with E-state index in [1.807, 2.05) is 6.92 Å². The molecule has 2 aromatic carbocycles. The summed E-state index contributed by atoms with van der Waals surface area (Å²) in [5, 5.41) is 11.4. The minimum Gasteiger partial charge on any atom is -0.479 e. The van der Waals surface area contributed by atoms with Crippen LogP contribution in [-0.4, -0.2) is 39.7 Å². The SMILES string of the molecule is CCNC(=O)c1nc2cc(Oc3c(Br)cc(CC(F)C(=O)O)cc3Br)ccc2[nH]1. The number of aromatic amines is 1. The maximum absolute atomic E-state index is 13.5. The van der Waals surface area contributed by atoms with Crippen molar-refractivity contribution in [1.82, 2.24) is 15.3 Å². The summed E-state index contributed by atoms with van der Waals surface area (Å²) in [4.78, 5) is 29.9. The lowest BCUT2D eigenvalue weighted by atomic mass is 10.1. The van der Waals surface area contributed by atoms with Gasteiger partial charge in [-0.15, -0.1) is 0 Å². The third-order valence-corrected chi connectivity index (χ3v) is 5.15. The molecule has 0 fully saturated rings. The van der Waals surface area contributed by atoms with Gasteiger partial charge in [0, 0.05) is 19.0 Å². The number of nitrogens with one attached hydrogen (secondary N) is 2. The van der Waals surface area contributed by atoms with Gasteiger partial charge in [-0.05, 0) is 68.6 Å². The van der Waals surface area contributed by atoms with Crippen LogP contribution in [0.25, 0.3) is 11.0 Å². The second-order valence-corrected chi connectivity index (χ2v) is 7.83. The van der Waals surface area contributed by atoms with Crippen LogP contribution in [-0.2, 0) is 11.2 Å². The van der Waals surface area contributed by atoms with Gasteiger partial charge in [0.05, 0.1) is 20.0 Å². The molecule has 1 aromatic heterocycles. The first-order valence-corrected chi connectivity index (χ1v) is 10.2. The highest BCUT2D eigenvalue weighted by molar-refractivity contribution is 9.11. The fraction of sp³-hybridized carbons (Fsp3) is 0.211. The third-order valence-electron chi connectivity index (χ3n) is 3.97. The number of carboxylic acid groups (broad SMARTS) is 1. The molecular weight excluding hydrogens is 513 g/mol. The summed E-state index contributed by atoms with van der Waals surface area (Å²) in [7, 11) is 0. The number of aliphatic carboxylic acids is 1. The molecule has 1 atom stereocenters. The molecule has 10 heteroatoms. The fourth-order valence-electron chi connectivity index (χ4n) is 2.64. The predicted molar refractivity (Wildman–Crippen MR) is 112 cm³/mol. The van der Waals surface area contributed by atoms with Crippen molar-refractivity contribution < 1.29 is 23.8 Å². The van der Waals surface area contributed by atoms with Gasteiger partial charge in [0.15, 0.2) is 11.6 Å². The molecule has 7 nitrogen and oxygen atoms in total. The van der Waals surface area contributed by atoms with Crippen molar-refractivity contribution in [1.29, 1.82) is 0 Å². The zero-order valence-corrected chi connectivity index (χ0v) is 18.3. The van der Waals surface area contributed by atoms with E-state index in [1.54, 1.807) is 30.3 Å². The zero-order chi connectivity index (χ0) is 21.1. The van der Waals surface area contributed by atoms with Crippen molar-refractivity contribution in [3.63, 3.8) is 0 Å². The van der Waals surface area contributed by atoms with Crippen LogP contribution in [0.2, 0.25) is 0 Å². The van der Waals surface area contributed by atoms with Gasteiger partial charge in [-0.25, -0.2) is 14.2 Å². The molecule has 1 unspecified atom stereocenters. The Balaban J connectivity index is 1.84. The van der Waals surface area contributed by atoms with E-state index in [-0.39, 0.29) is 18.2 Å². The number of aromatic nitrogens is 2. The third kappa shape index (κ3) is 4.94. The Labute approximate surface area is 181 Å². The largest absolute Gasteiger partial charge is 0.479 e. The highest BCUT2D eigenvalue weighted by Gasteiger charge is 2.19. The molecule has 3 rings (SSSR count). The molecule has 0 aliphatic carbocycles. The van der Waals surface area contributed by atoms with Gasteiger partial charge in [-0.1, -0.05) is 0 Å². The van der Waals surface area contributed by atoms with Gasteiger partial charge in [0.2, 0.25) is 6.17 Å². The van der Waals surface area contributed by atoms with Crippen molar-refractivity contribution in [2.75, 3.05) is 6.54 Å². The summed E-state index contributed by atoms with van der Waals surface area (Å²) in [6.07, 6.45) is -2.24. The van der Waals surface area contributed by atoms with Crippen LogP contribution in [0.15, 0.2) is 39.3 Å². The van der Waals surface area contributed by atoms with Crippen LogP contribution in [0, 0.1) is 0 Å². The van der Waals surface area contributed by atoms with E-state index < -0.39 is 12.1 Å². The van der Waals surface area contributed by atoms with Crippen LogP contribution in [0.1, 0.15) is 23.1 Å². The van der Waals surface area contributed by atoms with Crippen LogP contribution in [0.3, 0.4) is 0 Å². The number of rotatable bonds is 7. The van der Waals surface area contributed by atoms with E-state index in [2.05, 4.69) is 47.1 Å². The second-order valence-electron chi connectivity index (χ2n) is 6.12. The van der Waals surface area contributed by atoms with Gasteiger partial charge in [0.25, 0.3) is 5.91 Å². The number of carbonyl (C=O) groups is 2. The minimum absolute atomic E-state index is 0.213. The Morgan fingerprint density at radius 2 is 1.97 bits per heavy atom. The van der Waals surface area contributed by atoms with Crippen LogP contribution in [0.5, 0.6) is 11.5 Å². The molecular formula is C19H16Br2FN3O4. The Hall–Kier alpha value is -2.46. The normalized spacial score (nSPS) is 12.0. The first-order valence-electron chi connectivity index (χ1n) is 8.59. The zero-order valence-electron chi connectivity index (χ0n) is 15.1. The number of H-pyrrole nitrogens is 1. The maximum atomic E-state index is 13.5. The van der Waals surface area contributed by atoms with E-state index >= 15 is 0 Å². The van der Waals surface area contributed by atoms with Crippen molar-refractivity contribution in [3.8, 4) is 11.5 Å². The van der Waals surface area contributed by atoms with Crippen LogP contribution < -0.4 is 10.1 Å². The molecule has 152 valence electrons. The average Bonchev–Trinajstić information content (AvgIpc) is 3.08. The van der Waals surface area contributed by atoms with Gasteiger partial charge < -0.3 is 20.1 Å². The van der Waals surface area contributed by atoms with Gasteiger partial charge in [0.1, 0.15) is 5.75 Å². The summed E-state index contributed by atoms with van der Waals surface area (Å²) in [5.74, 6) is -0.658. The lowest BCUT2D eigenvalue weighted by molar-refractivity contribution is -0.142. The molecule has 0 radical (unpaired) electrons. The van der Waals surface area contributed by atoms with Crippen LogP contribution >= 0.6 is 31.9 Å². The van der Waals surface area contributed by atoms with Crippen molar-refractivity contribution in [2.24, 2.45) is 0 Å². The summed E-state index contributed by atoms with van der Waals surface area (Å²) in [6, 6.07) is 8.36. The lowest BCUT2D eigenvalue weighted by Gasteiger charge is -2.12. The summed E-state index contributed by atoms with van der Waals surface area (Å²) < 4.78 is 20.5. The number of amides is 1. The van der Waals surface area contributed by atoms with Crippen LogP contribution in [0.4, 0.5) is 4.39 Å². The number of ether oxygens (including phenoxy) is 1. The maximum Gasteiger partial charge on any atom is 0.338 e. The first-order chi connectivity index (χ1) is 13.8. The molecule has 3 N–H and O–H groups in total. The van der Waals surface area contributed by atoms with Gasteiger partial charge in [-0.2, -0.15) is 0 Å². The number of nitrogens with zero attached hydrogens (tertiary/aromatic N) is 1. The molecule has 0 spiro atoms. The number of alkyl halides is 1. The monoisotopic (exact) mass is 527 g/mol. The number of carbonyl (C=O) groups excluding carboxylic acids is 1. The number of hydrogen-bond donors (Lipinski definition) is 3. The minimum atomic E-state index is -1.98. The van der Waals surface area contributed by atoms with Gasteiger partial charge in [-0.3, -0.25) is 4.79 Å². The highest BCUT2D eigenvalue weighted by atomic mass is 79.9. The Bertz CT molecular complexity index is 1060. The second kappa shape index (κ2) is 8.91. The van der Waals surface area contributed by atoms with E-state index in [9.17, 15) is 14.0 Å². The number of benzene rings is 2. The first kappa shape index (κ1) is 21.3. The number of imidazole rings is 1. The Morgan fingerprint density at radius 1 is 1.28 bits per heavy atom. The van der Waals surface area contributed by atoms with E-state index in [4.69, 9.17) is 9.84 Å². The highest BCUT2D eigenvalue weighted by Crippen LogP contribution is 2.38. The number of halogens is 3. The summed E-state index contributed by atoms with van der Waals surface area (Å²) in [5.41, 5.74) is 1.75. The fourth-order valence-corrected chi connectivity index (χ4v) is 4.08. The molecule has 3 aromatic rings. The molecule has 0 saturated heterocycles. The molecule has 1 heterocycles. The van der Waals surface area contributed by atoms with Crippen molar-refractivity contribution in [2.45, 2.75) is 19.5 Å². The topological polar surface area (TPSA) is 104 Å². The van der Waals surface area contributed by atoms with E-state index in [1.165, 1.54) is 0 Å². The molecule has 0 bridgehead atoms. The van der Waals surface area contributed by atoms with E-state index in [0.717, 1.165) is 0 Å². The van der Waals surface area contributed by atoms with E-state index in [0.29, 0.717) is 43.6 Å². The summed E-state index contributed by atoms with van der Waals surface area (Å²) in [6.45, 7) is 2.32. The Kier molecular flexibility index (Phi) is 6.53. The molecule has 1 amide bonds. The lowest BCUT2D eigenvalue weighted by Crippen LogP contribution is -2.23. The molecule has 0 aliphatic heterocycles. The standard InChI is InChI=1S/C19H16Br2FN3O4/c1-2-23-18(26)17-24-14-4-3-10(8-15(14)25-17)29-16-11(20)5-9(6-12(16)21)7-13(22)19(27)28/h3-6,8,13H,2,7H2,1H3,(H,23,26)(H,24,25)(H,27,28). The Morgan fingerprint density at radius 3 is 2.59 bits per heavy atom. The van der Waals surface area contributed by atoms with Crippen molar-refractivity contribution in [3.05, 3.63) is 50.7 Å². The molecule has 0 aliphatic rings. The molecule has 0 saturated carbocycles. The molecule has 29 heavy (non-hydrogen) atoms. The summed E-state index contributed by atoms with van der Waals surface area (Å²) >= 11 is 6.75. The van der Waals surface area contributed by atoms with Gasteiger partial charge >= 0.3 is 5.97 Å². The smallest absolute Gasteiger partial charge is 0.338 e. The number of fused-ring (bicyclic) bond motifs is 1. The predicted octanol–water partition coefficient (Wildman–Crippen LogP) is 4.60. The van der Waals surface area contributed by atoms with Crippen molar-refractivity contribution >= 4 is 54.8 Å². The quantitative estimate of drug-likeness (QED) is 0.416.